The molecule has 4 rings (SSSR count). The van der Waals surface area contributed by atoms with Crippen LogP contribution in [0.15, 0.2) is 72.8 Å². The Hall–Kier alpha value is -2.78. The number of aryl methyl sites for hydroxylation is 1. The van der Waals surface area contributed by atoms with Gasteiger partial charge in [0.2, 0.25) is 0 Å². The number of imidazole rings is 1. The van der Waals surface area contributed by atoms with Crippen molar-refractivity contribution in [3.05, 3.63) is 83.4 Å². The second kappa shape index (κ2) is 9.15. The predicted octanol–water partition coefficient (Wildman–Crippen LogP) is 7.51. The van der Waals surface area contributed by atoms with Crippen LogP contribution >= 0.6 is 11.6 Å². The Morgan fingerprint density at radius 3 is 2.42 bits per heavy atom. The zero-order valence-electron chi connectivity index (χ0n) is 18.4. The van der Waals surface area contributed by atoms with Gasteiger partial charge < -0.3 is 9.30 Å². The first kappa shape index (κ1) is 21.5. The van der Waals surface area contributed by atoms with Crippen molar-refractivity contribution in [2.24, 2.45) is 0 Å². The number of hydrogen-bond acceptors (Lipinski definition) is 2. The summed E-state index contributed by atoms with van der Waals surface area (Å²) in [5.41, 5.74) is 4.68. The minimum absolute atomic E-state index is 0.160. The molecule has 0 aliphatic heterocycles. The quantitative estimate of drug-likeness (QED) is 0.282. The lowest BCUT2D eigenvalue weighted by atomic mass is 9.87. The van der Waals surface area contributed by atoms with Crippen molar-refractivity contribution in [2.45, 2.75) is 45.6 Å². The van der Waals surface area contributed by atoms with Crippen LogP contribution in [0.2, 0.25) is 5.02 Å². The smallest absolute Gasteiger partial charge is 0.141 e. The number of ether oxygens (including phenoxy) is 1. The van der Waals surface area contributed by atoms with Crippen LogP contribution in [0, 0.1) is 0 Å². The first-order valence-electron chi connectivity index (χ1n) is 10.9. The molecule has 0 N–H and O–H groups in total. The van der Waals surface area contributed by atoms with Gasteiger partial charge in [0.25, 0.3) is 0 Å². The molecular formula is C27H29ClN2O. The summed E-state index contributed by atoms with van der Waals surface area (Å²) in [7, 11) is 0. The van der Waals surface area contributed by atoms with Crippen molar-refractivity contribution in [3.8, 4) is 17.1 Å². The maximum absolute atomic E-state index is 6.23. The third-order valence-electron chi connectivity index (χ3n) is 5.50. The summed E-state index contributed by atoms with van der Waals surface area (Å²) in [6, 6.07) is 24.6. The summed E-state index contributed by atoms with van der Waals surface area (Å²) < 4.78 is 8.26. The monoisotopic (exact) mass is 432 g/mol. The van der Waals surface area contributed by atoms with E-state index in [1.54, 1.807) is 0 Å². The Morgan fingerprint density at radius 1 is 0.903 bits per heavy atom. The molecule has 0 saturated heterocycles. The SMILES string of the molecule is CC(C)(C)c1ccc(OCCCCn2c(-c3cccc(Cl)c3)nc3ccccc32)cc1. The van der Waals surface area contributed by atoms with Gasteiger partial charge in [0.05, 0.1) is 17.6 Å². The fourth-order valence-electron chi connectivity index (χ4n) is 3.76. The number of hydrogen-bond donors (Lipinski definition) is 0. The molecule has 0 radical (unpaired) electrons. The van der Waals surface area contributed by atoms with Gasteiger partial charge in [-0.3, -0.25) is 0 Å². The molecule has 1 aromatic heterocycles. The standard InChI is InChI=1S/C27H29ClN2O/c1-27(2,3)21-13-15-23(16-14-21)31-18-7-6-17-30-25-12-5-4-11-24(25)29-26(30)20-9-8-10-22(28)19-20/h4-5,8-16,19H,6-7,17-18H2,1-3H3. The summed E-state index contributed by atoms with van der Waals surface area (Å²) in [6.45, 7) is 8.25. The Balaban J connectivity index is 1.41. The highest BCUT2D eigenvalue weighted by Gasteiger charge is 2.14. The maximum atomic E-state index is 6.23. The molecule has 31 heavy (non-hydrogen) atoms. The van der Waals surface area contributed by atoms with Crippen molar-refractivity contribution in [1.82, 2.24) is 9.55 Å². The molecule has 0 spiro atoms. The van der Waals surface area contributed by atoms with Crippen LogP contribution in [0.1, 0.15) is 39.2 Å². The van der Waals surface area contributed by atoms with Crippen LogP contribution in [-0.4, -0.2) is 16.2 Å². The van der Waals surface area contributed by atoms with E-state index in [-0.39, 0.29) is 5.41 Å². The van der Waals surface area contributed by atoms with Crippen LogP contribution < -0.4 is 4.74 Å². The van der Waals surface area contributed by atoms with Crippen LogP contribution in [0.5, 0.6) is 5.75 Å². The number of nitrogens with zero attached hydrogens (tertiary/aromatic N) is 2. The topological polar surface area (TPSA) is 27.1 Å². The molecule has 0 unspecified atom stereocenters. The summed E-state index contributed by atoms with van der Waals surface area (Å²) in [5.74, 6) is 1.89. The molecule has 0 atom stereocenters. The molecule has 1 heterocycles. The largest absolute Gasteiger partial charge is 0.494 e. The average Bonchev–Trinajstić information content (AvgIpc) is 3.12. The minimum atomic E-state index is 0.160. The highest BCUT2D eigenvalue weighted by atomic mass is 35.5. The van der Waals surface area contributed by atoms with E-state index < -0.39 is 0 Å². The van der Waals surface area contributed by atoms with Gasteiger partial charge in [-0.05, 0) is 60.2 Å². The second-order valence-electron chi connectivity index (χ2n) is 8.92. The summed E-state index contributed by atoms with van der Waals surface area (Å²) in [6.07, 6.45) is 1.98. The van der Waals surface area contributed by atoms with E-state index in [1.807, 2.05) is 24.3 Å². The summed E-state index contributed by atoms with van der Waals surface area (Å²) in [5, 5.41) is 0.724. The van der Waals surface area contributed by atoms with E-state index in [0.29, 0.717) is 6.61 Å². The molecule has 0 saturated carbocycles. The Morgan fingerprint density at radius 2 is 1.68 bits per heavy atom. The number of para-hydroxylation sites is 2. The number of aromatic nitrogens is 2. The average molecular weight is 433 g/mol. The molecule has 0 fully saturated rings. The zero-order valence-corrected chi connectivity index (χ0v) is 19.2. The van der Waals surface area contributed by atoms with E-state index in [4.69, 9.17) is 21.3 Å². The van der Waals surface area contributed by atoms with Crippen LogP contribution in [0.4, 0.5) is 0 Å². The van der Waals surface area contributed by atoms with Crippen molar-refractivity contribution in [3.63, 3.8) is 0 Å². The second-order valence-corrected chi connectivity index (χ2v) is 9.35. The molecule has 160 valence electrons. The van der Waals surface area contributed by atoms with E-state index in [9.17, 15) is 0 Å². The van der Waals surface area contributed by atoms with Crippen molar-refractivity contribution in [1.29, 1.82) is 0 Å². The van der Waals surface area contributed by atoms with Gasteiger partial charge in [0, 0.05) is 17.1 Å². The molecule has 0 bridgehead atoms. The minimum Gasteiger partial charge on any atom is -0.494 e. The van der Waals surface area contributed by atoms with Gasteiger partial charge in [0.1, 0.15) is 11.6 Å². The first-order chi connectivity index (χ1) is 14.9. The molecule has 0 aliphatic carbocycles. The number of unbranched alkanes of at least 4 members (excludes halogenated alkanes) is 1. The Kier molecular flexibility index (Phi) is 6.33. The number of fused-ring (bicyclic) bond motifs is 1. The molecule has 4 heteroatoms. The Bertz CT molecular complexity index is 1160. The van der Waals surface area contributed by atoms with Crippen LogP contribution in [0.25, 0.3) is 22.4 Å². The molecular weight excluding hydrogens is 404 g/mol. The van der Waals surface area contributed by atoms with Gasteiger partial charge in [-0.25, -0.2) is 4.98 Å². The van der Waals surface area contributed by atoms with Crippen molar-refractivity contribution < 1.29 is 4.74 Å². The van der Waals surface area contributed by atoms with E-state index >= 15 is 0 Å². The van der Waals surface area contributed by atoms with Gasteiger partial charge in [-0.2, -0.15) is 0 Å². The number of halogens is 1. The predicted molar refractivity (Wildman–Crippen MR) is 130 cm³/mol. The number of benzene rings is 3. The third-order valence-corrected chi connectivity index (χ3v) is 5.74. The fraction of sp³-hybridized carbons (Fsp3) is 0.296. The van der Waals surface area contributed by atoms with Crippen LogP contribution in [-0.2, 0) is 12.0 Å². The lowest BCUT2D eigenvalue weighted by molar-refractivity contribution is 0.303. The lowest BCUT2D eigenvalue weighted by Gasteiger charge is -2.19. The molecule has 4 aromatic rings. The van der Waals surface area contributed by atoms with Gasteiger partial charge in [-0.15, -0.1) is 0 Å². The highest BCUT2D eigenvalue weighted by molar-refractivity contribution is 6.30. The van der Waals surface area contributed by atoms with E-state index in [1.165, 1.54) is 5.56 Å². The highest BCUT2D eigenvalue weighted by Crippen LogP contribution is 2.27. The van der Waals surface area contributed by atoms with Crippen molar-refractivity contribution in [2.75, 3.05) is 6.61 Å². The van der Waals surface area contributed by atoms with E-state index in [0.717, 1.165) is 52.6 Å². The molecule has 0 amide bonds. The zero-order chi connectivity index (χ0) is 21.8. The van der Waals surface area contributed by atoms with Gasteiger partial charge in [-0.1, -0.05) is 68.8 Å². The lowest BCUT2D eigenvalue weighted by Crippen LogP contribution is -2.10. The van der Waals surface area contributed by atoms with Crippen molar-refractivity contribution >= 4 is 22.6 Å². The molecule has 0 aliphatic rings. The van der Waals surface area contributed by atoms with Gasteiger partial charge in [0.15, 0.2) is 0 Å². The Labute approximate surface area is 189 Å². The number of rotatable bonds is 7. The van der Waals surface area contributed by atoms with Gasteiger partial charge >= 0.3 is 0 Å². The maximum Gasteiger partial charge on any atom is 0.141 e. The molecule has 3 nitrogen and oxygen atoms in total. The van der Waals surface area contributed by atoms with Crippen LogP contribution in [0.3, 0.4) is 0 Å². The fourth-order valence-corrected chi connectivity index (χ4v) is 3.95. The third kappa shape index (κ3) is 5.11. The molecule has 3 aromatic carbocycles. The normalized spacial score (nSPS) is 11.7. The summed E-state index contributed by atoms with van der Waals surface area (Å²) in [4.78, 5) is 4.87. The summed E-state index contributed by atoms with van der Waals surface area (Å²) >= 11 is 6.23. The first-order valence-corrected chi connectivity index (χ1v) is 11.2. The van der Waals surface area contributed by atoms with E-state index in [2.05, 4.69) is 73.9 Å².